The molecule has 2 bridgehead atoms. The van der Waals surface area contributed by atoms with Crippen molar-refractivity contribution in [2.75, 3.05) is 0 Å². The first-order chi connectivity index (χ1) is 8.82. The number of carbonyl (C=O) groups excluding carboxylic acids is 1. The maximum atomic E-state index is 11.9. The lowest BCUT2D eigenvalue weighted by molar-refractivity contribution is -0.0458. The number of ether oxygens (including phenoxy) is 2. The van der Waals surface area contributed by atoms with E-state index in [0.717, 1.165) is 0 Å². The van der Waals surface area contributed by atoms with Gasteiger partial charge in [-0.3, -0.25) is 0 Å². The highest BCUT2D eigenvalue weighted by Crippen LogP contribution is 2.36. The Balaban J connectivity index is 2.07. The molecule has 0 aromatic carbocycles. The highest BCUT2D eigenvalue weighted by molar-refractivity contribution is 5.69. The number of hydrogen-bond acceptors (Lipinski definition) is 4. The van der Waals surface area contributed by atoms with Gasteiger partial charge in [0.1, 0.15) is 11.7 Å². The third kappa shape index (κ3) is 3.48. The lowest BCUT2D eigenvalue weighted by Crippen LogP contribution is -2.57. The summed E-state index contributed by atoms with van der Waals surface area (Å²) in [6.45, 7) is 5.49. The van der Waals surface area contributed by atoms with Gasteiger partial charge in [0.25, 0.3) is 0 Å². The number of nitriles is 1. The van der Waals surface area contributed by atoms with E-state index in [0.29, 0.717) is 19.3 Å². The van der Waals surface area contributed by atoms with Gasteiger partial charge in [0.15, 0.2) is 0 Å². The van der Waals surface area contributed by atoms with Crippen molar-refractivity contribution in [2.24, 2.45) is 0 Å². The van der Waals surface area contributed by atoms with Gasteiger partial charge in [0.05, 0.1) is 17.7 Å². The van der Waals surface area contributed by atoms with Gasteiger partial charge in [-0.1, -0.05) is 12.2 Å². The molecular weight excluding hydrogens is 244 g/mol. The van der Waals surface area contributed by atoms with Gasteiger partial charge in [-0.2, -0.15) is 5.26 Å². The number of nitrogens with zero attached hydrogens (tertiary/aromatic N) is 1. The topological polar surface area (TPSA) is 71.3 Å². The van der Waals surface area contributed by atoms with E-state index in [1.54, 1.807) is 0 Å². The number of rotatable bonds is 1. The van der Waals surface area contributed by atoms with Crippen molar-refractivity contribution >= 4 is 6.09 Å². The molecule has 1 saturated heterocycles. The molecule has 5 nitrogen and oxygen atoms in total. The highest BCUT2D eigenvalue weighted by atomic mass is 16.6. The minimum absolute atomic E-state index is 0.0953. The van der Waals surface area contributed by atoms with Gasteiger partial charge in [-0.25, -0.2) is 4.79 Å². The van der Waals surface area contributed by atoms with Crippen molar-refractivity contribution in [2.45, 2.75) is 63.4 Å². The number of carbonyl (C=O) groups is 1. The molecule has 3 atom stereocenters. The average molecular weight is 264 g/mol. The summed E-state index contributed by atoms with van der Waals surface area (Å²) in [5.41, 5.74) is -0.940. The van der Waals surface area contributed by atoms with Gasteiger partial charge in [0.2, 0.25) is 0 Å². The van der Waals surface area contributed by atoms with Crippen LogP contribution in [0.2, 0.25) is 0 Å². The Hall–Kier alpha value is -1.54. The smallest absolute Gasteiger partial charge is 0.408 e. The highest BCUT2D eigenvalue weighted by Gasteiger charge is 2.43. The summed E-state index contributed by atoms with van der Waals surface area (Å²) in [6, 6.07) is 2.13. The van der Waals surface area contributed by atoms with Crippen LogP contribution in [0.25, 0.3) is 0 Å². The van der Waals surface area contributed by atoms with Crippen molar-refractivity contribution in [1.29, 1.82) is 5.26 Å². The molecule has 2 aliphatic rings. The Kier molecular flexibility index (Phi) is 3.55. The van der Waals surface area contributed by atoms with Crippen molar-refractivity contribution in [3.05, 3.63) is 12.2 Å². The third-order valence-corrected chi connectivity index (χ3v) is 3.28. The van der Waals surface area contributed by atoms with Crippen molar-refractivity contribution in [3.63, 3.8) is 0 Å². The molecule has 19 heavy (non-hydrogen) atoms. The van der Waals surface area contributed by atoms with Crippen LogP contribution in [0.15, 0.2) is 12.2 Å². The van der Waals surface area contributed by atoms with E-state index >= 15 is 0 Å². The van der Waals surface area contributed by atoms with Crippen molar-refractivity contribution in [3.8, 4) is 6.07 Å². The van der Waals surface area contributed by atoms with E-state index in [1.165, 1.54) is 0 Å². The van der Waals surface area contributed by atoms with E-state index < -0.39 is 23.3 Å². The zero-order valence-electron chi connectivity index (χ0n) is 11.6. The lowest BCUT2D eigenvalue weighted by Gasteiger charge is -2.44. The summed E-state index contributed by atoms with van der Waals surface area (Å²) in [4.78, 5) is 11.9. The molecular formula is C14H20N2O3. The fourth-order valence-electron chi connectivity index (χ4n) is 2.61. The van der Waals surface area contributed by atoms with Crippen LogP contribution in [-0.4, -0.2) is 29.4 Å². The van der Waals surface area contributed by atoms with Crippen LogP contribution in [0.3, 0.4) is 0 Å². The van der Waals surface area contributed by atoms with Crippen LogP contribution in [0.1, 0.15) is 40.0 Å². The molecule has 0 aromatic heterocycles. The van der Waals surface area contributed by atoms with Crippen LogP contribution in [0.4, 0.5) is 4.79 Å². The molecule has 0 aromatic rings. The SMILES string of the molecule is CC(C)(C)OC(=O)NC12CC=CC(C1)OC(C#N)C2. The van der Waals surface area contributed by atoms with E-state index in [2.05, 4.69) is 11.4 Å². The number of hydrogen-bond donors (Lipinski definition) is 1. The maximum Gasteiger partial charge on any atom is 0.408 e. The first-order valence-corrected chi connectivity index (χ1v) is 6.55. The molecule has 2 rings (SSSR count). The Labute approximate surface area is 113 Å². The Morgan fingerprint density at radius 3 is 2.89 bits per heavy atom. The summed E-state index contributed by atoms with van der Waals surface area (Å²) >= 11 is 0. The predicted octanol–water partition coefficient (Wildman–Crippen LogP) is 2.28. The molecule has 104 valence electrons. The summed E-state index contributed by atoms with van der Waals surface area (Å²) in [5, 5.41) is 12.0. The fraction of sp³-hybridized carbons (Fsp3) is 0.714. The van der Waals surface area contributed by atoms with E-state index in [-0.39, 0.29) is 6.10 Å². The quantitative estimate of drug-likeness (QED) is 0.737. The minimum Gasteiger partial charge on any atom is -0.444 e. The molecule has 5 heteroatoms. The molecule has 1 amide bonds. The zero-order valence-corrected chi connectivity index (χ0v) is 11.6. The van der Waals surface area contributed by atoms with E-state index in [4.69, 9.17) is 14.7 Å². The maximum absolute atomic E-state index is 11.9. The molecule has 1 aliphatic heterocycles. The summed E-state index contributed by atoms with van der Waals surface area (Å²) < 4.78 is 10.9. The predicted molar refractivity (Wildman–Crippen MR) is 69.4 cm³/mol. The number of alkyl carbamates (subject to hydrolysis) is 1. The van der Waals surface area contributed by atoms with Crippen LogP contribution in [-0.2, 0) is 9.47 Å². The standard InChI is InChI=1S/C14H20N2O3/c1-13(2,3)19-12(17)16-14-6-4-5-10(7-14)18-11(8-14)9-15/h4-5,10-11H,6-8H2,1-3H3,(H,16,17). The first-order valence-electron chi connectivity index (χ1n) is 6.55. The summed E-state index contributed by atoms with van der Waals surface area (Å²) in [7, 11) is 0. The largest absolute Gasteiger partial charge is 0.444 e. The monoisotopic (exact) mass is 264 g/mol. The fourth-order valence-corrected chi connectivity index (χ4v) is 2.61. The molecule has 1 heterocycles. The van der Waals surface area contributed by atoms with Crippen molar-refractivity contribution in [1.82, 2.24) is 5.32 Å². The molecule has 0 radical (unpaired) electrons. The molecule has 3 unspecified atom stereocenters. The van der Waals surface area contributed by atoms with Crippen LogP contribution >= 0.6 is 0 Å². The second kappa shape index (κ2) is 4.86. The van der Waals surface area contributed by atoms with E-state index in [9.17, 15) is 4.79 Å². The van der Waals surface area contributed by atoms with Gasteiger partial charge in [-0.15, -0.1) is 0 Å². The van der Waals surface area contributed by atoms with Crippen molar-refractivity contribution < 1.29 is 14.3 Å². The number of fused-ring (bicyclic) bond motifs is 2. The normalized spacial score (nSPS) is 33.4. The molecule has 0 saturated carbocycles. The third-order valence-electron chi connectivity index (χ3n) is 3.28. The summed E-state index contributed by atoms with van der Waals surface area (Å²) in [6.07, 6.45) is 4.87. The second-order valence-electron chi connectivity index (χ2n) is 6.24. The first kappa shape index (κ1) is 13.9. The lowest BCUT2D eigenvalue weighted by atomic mass is 9.78. The Bertz CT molecular complexity index is 433. The van der Waals surface area contributed by atoms with Gasteiger partial charge in [0, 0.05) is 12.8 Å². The van der Waals surface area contributed by atoms with E-state index in [1.807, 2.05) is 32.9 Å². The van der Waals surface area contributed by atoms with Gasteiger partial charge < -0.3 is 14.8 Å². The summed E-state index contributed by atoms with van der Waals surface area (Å²) in [5.74, 6) is 0. The Morgan fingerprint density at radius 1 is 1.53 bits per heavy atom. The molecule has 1 aliphatic carbocycles. The number of nitrogens with one attached hydrogen (secondary N) is 1. The van der Waals surface area contributed by atoms with Gasteiger partial charge >= 0.3 is 6.09 Å². The number of amides is 1. The zero-order chi connectivity index (χ0) is 14.1. The molecule has 0 spiro atoms. The van der Waals surface area contributed by atoms with Gasteiger partial charge in [-0.05, 0) is 27.2 Å². The molecule has 1 fully saturated rings. The minimum atomic E-state index is -0.523. The molecule has 1 N–H and O–H groups in total. The van der Waals surface area contributed by atoms with Crippen LogP contribution in [0, 0.1) is 11.3 Å². The van der Waals surface area contributed by atoms with Crippen LogP contribution < -0.4 is 5.32 Å². The Morgan fingerprint density at radius 2 is 2.26 bits per heavy atom. The van der Waals surface area contributed by atoms with Crippen LogP contribution in [0.5, 0.6) is 0 Å². The average Bonchev–Trinajstić information content (AvgIpc) is 2.24. The second-order valence-corrected chi connectivity index (χ2v) is 6.24.